The molecular weight excluding hydrogens is 160 g/mol. The van der Waals surface area contributed by atoms with E-state index in [9.17, 15) is 9.59 Å². The first-order valence-electron chi connectivity index (χ1n) is 3.21. The molecule has 66 valence electrons. The van der Waals surface area contributed by atoms with Gasteiger partial charge in [-0.1, -0.05) is 13.2 Å². The number of carbonyl (C=O) groups excluding carboxylic acids is 1. The average Bonchev–Trinajstić information content (AvgIpc) is 1.98. The lowest BCUT2D eigenvalue weighted by atomic mass is 10.3. The highest BCUT2D eigenvalue weighted by Gasteiger charge is 2.18. The zero-order valence-corrected chi connectivity index (χ0v) is 6.74. The van der Waals surface area contributed by atoms with Crippen molar-refractivity contribution in [1.29, 1.82) is 0 Å². The van der Waals surface area contributed by atoms with Gasteiger partial charge in [-0.25, -0.2) is 9.59 Å². The lowest BCUT2D eigenvalue weighted by Crippen LogP contribution is -2.24. The summed E-state index contributed by atoms with van der Waals surface area (Å²) in [6, 6.07) is 0. The highest BCUT2D eigenvalue weighted by Crippen LogP contribution is 1.99. The van der Waals surface area contributed by atoms with Gasteiger partial charge in [0.25, 0.3) is 0 Å². The fraction of sp³-hybridized carbons (Fsp3) is 0.250. The van der Waals surface area contributed by atoms with Gasteiger partial charge in [0.1, 0.15) is 0 Å². The van der Waals surface area contributed by atoms with E-state index in [1.807, 2.05) is 0 Å². The Morgan fingerprint density at radius 3 is 2.33 bits per heavy atom. The van der Waals surface area contributed by atoms with Gasteiger partial charge >= 0.3 is 11.9 Å². The van der Waals surface area contributed by atoms with Gasteiger partial charge in [-0.3, -0.25) is 0 Å². The minimum absolute atomic E-state index is 0.156. The van der Waals surface area contributed by atoms with Gasteiger partial charge in [0.2, 0.25) is 6.10 Å². The SMILES string of the molecule is C=CC(OC(=O)C(=C)C)C(=O)O. The van der Waals surface area contributed by atoms with E-state index in [1.165, 1.54) is 6.92 Å². The maximum atomic E-state index is 10.8. The fourth-order valence-corrected chi connectivity index (χ4v) is 0.415. The number of esters is 1. The van der Waals surface area contributed by atoms with E-state index in [0.717, 1.165) is 6.08 Å². The summed E-state index contributed by atoms with van der Waals surface area (Å²) >= 11 is 0. The van der Waals surface area contributed by atoms with E-state index in [-0.39, 0.29) is 5.57 Å². The van der Waals surface area contributed by atoms with Gasteiger partial charge in [-0.2, -0.15) is 0 Å². The van der Waals surface area contributed by atoms with Gasteiger partial charge in [-0.05, 0) is 13.0 Å². The first kappa shape index (κ1) is 10.4. The molecule has 0 saturated heterocycles. The van der Waals surface area contributed by atoms with Crippen LogP contribution in [0.1, 0.15) is 6.92 Å². The summed E-state index contributed by atoms with van der Waals surface area (Å²) in [7, 11) is 0. The summed E-state index contributed by atoms with van der Waals surface area (Å²) in [5.74, 6) is -1.98. The molecule has 1 unspecified atom stereocenters. The number of carboxylic acids is 1. The monoisotopic (exact) mass is 170 g/mol. The van der Waals surface area contributed by atoms with E-state index >= 15 is 0 Å². The number of hydrogen-bond donors (Lipinski definition) is 1. The minimum Gasteiger partial charge on any atom is -0.478 e. The van der Waals surface area contributed by atoms with Crippen LogP contribution in [-0.4, -0.2) is 23.1 Å². The molecule has 12 heavy (non-hydrogen) atoms. The zero-order chi connectivity index (χ0) is 9.72. The maximum Gasteiger partial charge on any atom is 0.349 e. The molecule has 0 aromatic carbocycles. The molecule has 0 heterocycles. The van der Waals surface area contributed by atoms with E-state index < -0.39 is 18.0 Å². The van der Waals surface area contributed by atoms with Crippen LogP contribution in [-0.2, 0) is 14.3 Å². The van der Waals surface area contributed by atoms with Crippen LogP contribution in [0, 0.1) is 0 Å². The van der Waals surface area contributed by atoms with Crippen LogP contribution in [0.5, 0.6) is 0 Å². The summed E-state index contributed by atoms with van der Waals surface area (Å²) in [5.41, 5.74) is 0.156. The fourth-order valence-electron chi connectivity index (χ4n) is 0.415. The first-order chi connectivity index (χ1) is 5.49. The molecule has 0 fully saturated rings. The van der Waals surface area contributed by atoms with Gasteiger partial charge in [0.15, 0.2) is 0 Å². The van der Waals surface area contributed by atoms with E-state index in [2.05, 4.69) is 17.9 Å². The Morgan fingerprint density at radius 2 is 2.08 bits per heavy atom. The predicted molar refractivity (Wildman–Crippen MR) is 42.5 cm³/mol. The topological polar surface area (TPSA) is 63.6 Å². The Balaban J connectivity index is 4.22. The van der Waals surface area contributed by atoms with Crippen molar-refractivity contribution < 1.29 is 19.4 Å². The van der Waals surface area contributed by atoms with E-state index in [4.69, 9.17) is 5.11 Å². The molecular formula is C8H10O4. The standard InChI is InChI=1S/C8H10O4/c1-4-6(7(9)10)12-8(11)5(2)3/h4,6H,1-2H2,3H3,(H,9,10). The van der Waals surface area contributed by atoms with Crippen LogP contribution in [0.4, 0.5) is 0 Å². The number of hydrogen-bond acceptors (Lipinski definition) is 3. The van der Waals surface area contributed by atoms with Crippen molar-refractivity contribution in [2.45, 2.75) is 13.0 Å². The van der Waals surface area contributed by atoms with Crippen molar-refractivity contribution in [3.8, 4) is 0 Å². The van der Waals surface area contributed by atoms with Crippen molar-refractivity contribution in [3.63, 3.8) is 0 Å². The van der Waals surface area contributed by atoms with E-state index in [1.54, 1.807) is 0 Å². The lowest BCUT2D eigenvalue weighted by Gasteiger charge is -2.08. The van der Waals surface area contributed by atoms with E-state index in [0.29, 0.717) is 0 Å². The molecule has 4 nitrogen and oxygen atoms in total. The minimum atomic E-state index is -1.30. The second-order valence-corrected chi connectivity index (χ2v) is 2.18. The molecule has 0 aliphatic rings. The zero-order valence-electron chi connectivity index (χ0n) is 6.74. The van der Waals surface area contributed by atoms with Crippen LogP contribution >= 0.6 is 0 Å². The molecule has 0 aliphatic heterocycles. The molecule has 0 bridgehead atoms. The summed E-state index contributed by atoms with van der Waals surface area (Å²) < 4.78 is 4.47. The summed E-state index contributed by atoms with van der Waals surface area (Å²) in [6.45, 7) is 7.94. The van der Waals surface area contributed by atoms with Crippen LogP contribution in [0.3, 0.4) is 0 Å². The normalized spacial score (nSPS) is 11.4. The van der Waals surface area contributed by atoms with Crippen molar-refractivity contribution in [2.24, 2.45) is 0 Å². The third-order valence-electron chi connectivity index (χ3n) is 1.04. The smallest absolute Gasteiger partial charge is 0.349 e. The largest absolute Gasteiger partial charge is 0.478 e. The van der Waals surface area contributed by atoms with Crippen molar-refractivity contribution in [3.05, 3.63) is 24.8 Å². The molecule has 0 aromatic rings. The quantitative estimate of drug-likeness (QED) is 0.384. The van der Waals surface area contributed by atoms with Crippen LogP contribution in [0.15, 0.2) is 24.8 Å². The van der Waals surface area contributed by atoms with Crippen molar-refractivity contribution in [2.75, 3.05) is 0 Å². The Hall–Kier alpha value is -1.58. The molecule has 0 amide bonds. The van der Waals surface area contributed by atoms with Gasteiger partial charge < -0.3 is 9.84 Å². The third kappa shape index (κ3) is 3.01. The lowest BCUT2D eigenvalue weighted by molar-refractivity contribution is -0.157. The average molecular weight is 170 g/mol. The number of carbonyl (C=O) groups is 2. The molecule has 0 aromatic heterocycles. The van der Waals surface area contributed by atoms with Gasteiger partial charge in [0.05, 0.1) is 0 Å². The number of rotatable bonds is 4. The Bertz CT molecular complexity index is 229. The second kappa shape index (κ2) is 4.33. The van der Waals surface area contributed by atoms with Crippen LogP contribution < -0.4 is 0 Å². The summed E-state index contributed by atoms with van der Waals surface area (Å²) in [4.78, 5) is 21.1. The predicted octanol–water partition coefficient (Wildman–Crippen LogP) is 0.745. The molecule has 0 spiro atoms. The molecule has 0 radical (unpaired) electrons. The Labute approximate surface area is 70.1 Å². The molecule has 4 heteroatoms. The number of carboxylic acid groups (broad SMARTS) is 1. The Kier molecular flexibility index (Phi) is 3.76. The Morgan fingerprint density at radius 1 is 1.58 bits per heavy atom. The van der Waals surface area contributed by atoms with Crippen molar-refractivity contribution >= 4 is 11.9 Å². The molecule has 1 N–H and O–H groups in total. The summed E-state index contributed by atoms with van der Waals surface area (Å²) in [5, 5.41) is 8.43. The highest BCUT2D eigenvalue weighted by atomic mass is 16.6. The summed E-state index contributed by atoms with van der Waals surface area (Å²) in [6.07, 6.45) is -0.266. The molecule has 0 saturated carbocycles. The van der Waals surface area contributed by atoms with Crippen LogP contribution in [0.25, 0.3) is 0 Å². The van der Waals surface area contributed by atoms with Crippen molar-refractivity contribution in [1.82, 2.24) is 0 Å². The number of aliphatic carboxylic acids is 1. The second-order valence-electron chi connectivity index (χ2n) is 2.18. The maximum absolute atomic E-state index is 10.8. The van der Waals surface area contributed by atoms with Gasteiger partial charge in [-0.15, -0.1) is 0 Å². The first-order valence-corrected chi connectivity index (χ1v) is 3.21. The molecule has 0 rings (SSSR count). The van der Waals surface area contributed by atoms with Crippen LogP contribution in [0.2, 0.25) is 0 Å². The highest BCUT2D eigenvalue weighted by molar-refractivity contribution is 5.89. The third-order valence-corrected chi connectivity index (χ3v) is 1.04. The number of ether oxygens (including phenoxy) is 1. The molecule has 1 atom stereocenters. The van der Waals surface area contributed by atoms with Gasteiger partial charge in [0, 0.05) is 5.57 Å². The molecule has 0 aliphatic carbocycles.